The van der Waals surface area contributed by atoms with Gasteiger partial charge in [-0.3, -0.25) is 9.59 Å². The number of allylic oxidation sites excluding steroid dienone is 1. The van der Waals surface area contributed by atoms with Gasteiger partial charge in [-0.25, -0.2) is 0 Å². The fourth-order valence-corrected chi connectivity index (χ4v) is 1.89. The highest BCUT2D eigenvalue weighted by atomic mass is 16.3. The Labute approximate surface area is 131 Å². The molecule has 0 aliphatic carbocycles. The van der Waals surface area contributed by atoms with Gasteiger partial charge in [0.2, 0.25) is 11.8 Å². The zero-order chi connectivity index (χ0) is 16.5. The zero-order valence-electron chi connectivity index (χ0n) is 13.3. The number of rotatable bonds is 7. The number of hydrogen-bond acceptors (Lipinski definition) is 3. The summed E-state index contributed by atoms with van der Waals surface area (Å²) in [6, 6.07) is 6.94. The van der Waals surface area contributed by atoms with Crippen molar-refractivity contribution in [2.75, 3.05) is 11.9 Å². The van der Waals surface area contributed by atoms with Gasteiger partial charge in [-0.2, -0.15) is 0 Å². The second kappa shape index (κ2) is 9.00. The van der Waals surface area contributed by atoms with Crippen LogP contribution in [0, 0.1) is 0 Å². The predicted molar refractivity (Wildman–Crippen MR) is 87.5 cm³/mol. The maximum absolute atomic E-state index is 11.8. The number of carbonyl (C=O) groups excluding carboxylic acids is 2. The van der Waals surface area contributed by atoms with E-state index in [1.54, 1.807) is 24.3 Å². The van der Waals surface area contributed by atoms with E-state index in [1.165, 1.54) is 6.08 Å². The van der Waals surface area contributed by atoms with Crippen molar-refractivity contribution in [1.82, 2.24) is 5.32 Å². The van der Waals surface area contributed by atoms with E-state index in [1.807, 2.05) is 20.8 Å². The average molecular weight is 304 g/mol. The molecule has 1 unspecified atom stereocenters. The third-order valence-corrected chi connectivity index (χ3v) is 3.08. The maximum atomic E-state index is 11.8. The highest BCUT2D eigenvalue weighted by Gasteiger charge is 2.09. The van der Waals surface area contributed by atoms with E-state index < -0.39 is 0 Å². The van der Waals surface area contributed by atoms with Crippen LogP contribution in [0.1, 0.15) is 32.8 Å². The Kier molecular flexibility index (Phi) is 7.32. The van der Waals surface area contributed by atoms with Gasteiger partial charge in [-0.15, -0.1) is 0 Å². The van der Waals surface area contributed by atoms with Gasteiger partial charge in [0.1, 0.15) is 0 Å². The Morgan fingerprint density at radius 3 is 2.36 bits per heavy atom. The number of carbonyl (C=O) groups is 2. The Balaban J connectivity index is 2.56. The number of aliphatic hydroxyl groups excluding tert-OH is 1. The molecule has 0 saturated heterocycles. The molecule has 1 aromatic rings. The van der Waals surface area contributed by atoms with Gasteiger partial charge in [0.15, 0.2) is 0 Å². The van der Waals surface area contributed by atoms with E-state index >= 15 is 0 Å². The van der Waals surface area contributed by atoms with E-state index in [0.717, 1.165) is 11.1 Å². The van der Waals surface area contributed by atoms with E-state index in [0.29, 0.717) is 12.1 Å². The van der Waals surface area contributed by atoms with Crippen molar-refractivity contribution in [3.05, 3.63) is 41.5 Å². The molecule has 1 aromatic carbocycles. The highest BCUT2D eigenvalue weighted by Crippen LogP contribution is 2.10. The molecule has 0 aromatic heterocycles. The summed E-state index contributed by atoms with van der Waals surface area (Å²) in [6.07, 6.45) is 2.47. The van der Waals surface area contributed by atoms with Crippen LogP contribution in [-0.4, -0.2) is 29.6 Å². The van der Waals surface area contributed by atoms with E-state index in [4.69, 9.17) is 5.11 Å². The number of hydrogen-bond donors (Lipinski definition) is 3. The summed E-state index contributed by atoms with van der Waals surface area (Å²) in [5.74, 6) is -0.290. The Morgan fingerprint density at radius 2 is 1.86 bits per heavy atom. The van der Waals surface area contributed by atoms with Crippen LogP contribution in [-0.2, 0) is 16.0 Å². The third-order valence-electron chi connectivity index (χ3n) is 3.08. The fourth-order valence-electron chi connectivity index (χ4n) is 1.89. The van der Waals surface area contributed by atoms with Gasteiger partial charge < -0.3 is 15.7 Å². The van der Waals surface area contributed by atoms with Crippen molar-refractivity contribution in [3.8, 4) is 0 Å². The summed E-state index contributed by atoms with van der Waals surface area (Å²) < 4.78 is 0. The summed E-state index contributed by atoms with van der Waals surface area (Å²) in [5, 5.41) is 14.6. The van der Waals surface area contributed by atoms with Gasteiger partial charge in [0, 0.05) is 11.8 Å². The Morgan fingerprint density at radius 1 is 1.23 bits per heavy atom. The van der Waals surface area contributed by atoms with Crippen molar-refractivity contribution < 1.29 is 14.7 Å². The SMILES string of the molecule is CCC(CO)NC(=O)Cc1ccc(NC(=O)C=C(C)C)cc1. The molecule has 2 amide bonds. The average Bonchev–Trinajstić information content (AvgIpc) is 2.46. The monoisotopic (exact) mass is 304 g/mol. The van der Waals surface area contributed by atoms with Crippen molar-refractivity contribution in [2.45, 2.75) is 39.7 Å². The smallest absolute Gasteiger partial charge is 0.248 e. The normalized spacial score (nSPS) is 11.5. The molecule has 0 saturated carbocycles. The van der Waals surface area contributed by atoms with Crippen molar-refractivity contribution in [2.24, 2.45) is 0 Å². The third kappa shape index (κ3) is 6.54. The van der Waals surface area contributed by atoms with Crippen molar-refractivity contribution in [3.63, 3.8) is 0 Å². The van der Waals surface area contributed by atoms with Crippen molar-refractivity contribution >= 4 is 17.5 Å². The van der Waals surface area contributed by atoms with Crippen LogP contribution in [0.3, 0.4) is 0 Å². The summed E-state index contributed by atoms with van der Waals surface area (Å²) in [4.78, 5) is 23.4. The van der Waals surface area contributed by atoms with Crippen molar-refractivity contribution in [1.29, 1.82) is 0 Å². The Hall–Kier alpha value is -2.14. The minimum Gasteiger partial charge on any atom is -0.394 e. The van der Waals surface area contributed by atoms with E-state index in [9.17, 15) is 9.59 Å². The molecule has 0 heterocycles. The number of amides is 2. The lowest BCUT2D eigenvalue weighted by molar-refractivity contribution is -0.121. The second-order valence-corrected chi connectivity index (χ2v) is 5.44. The lowest BCUT2D eigenvalue weighted by Gasteiger charge is -2.14. The first-order valence-corrected chi connectivity index (χ1v) is 7.39. The van der Waals surface area contributed by atoms with Gasteiger partial charge in [-0.05, 0) is 38.0 Å². The quantitative estimate of drug-likeness (QED) is 0.674. The molecular weight excluding hydrogens is 280 g/mol. The molecule has 5 nitrogen and oxygen atoms in total. The van der Waals surface area contributed by atoms with Gasteiger partial charge >= 0.3 is 0 Å². The van der Waals surface area contributed by atoms with Crippen LogP contribution in [0.25, 0.3) is 0 Å². The predicted octanol–water partition coefficient (Wildman–Crippen LogP) is 2.02. The van der Waals surface area contributed by atoms with E-state index in [-0.39, 0.29) is 30.9 Å². The molecule has 0 aliphatic heterocycles. The van der Waals surface area contributed by atoms with Crippen LogP contribution in [0.15, 0.2) is 35.9 Å². The zero-order valence-corrected chi connectivity index (χ0v) is 13.3. The summed E-state index contributed by atoms with van der Waals surface area (Å²) >= 11 is 0. The molecule has 120 valence electrons. The highest BCUT2D eigenvalue weighted by molar-refractivity contribution is 5.99. The van der Waals surface area contributed by atoms with Crippen LogP contribution in [0.5, 0.6) is 0 Å². The Bertz CT molecular complexity index is 527. The number of aliphatic hydroxyl groups is 1. The molecule has 1 atom stereocenters. The lowest BCUT2D eigenvalue weighted by Crippen LogP contribution is -2.37. The minimum absolute atomic E-state index is 0.0580. The molecule has 5 heteroatoms. The molecule has 1 rings (SSSR count). The van der Waals surface area contributed by atoms with Gasteiger partial charge in [0.05, 0.1) is 19.1 Å². The summed E-state index contributed by atoms with van der Waals surface area (Å²) in [6.45, 7) is 5.57. The molecule has 0 aliphatic rings. The van der Waals surface area contributed by atoms with E-state index in [2.05, 4.69) is 10.6 Å². The summed E-state index contributed by atoms with van der Waals surface area (Å²) in [5.41, 5.74) is 2.47. The molecule has 0 bridgehead atoms. The molecular formula is C17H24N2O3. The maximum Gasteiger partial charge on any atom is 0.248 e. The minimum atomic E-state index is -0.199. The first-order chi connectivity index (χ1) is 10.4. The first-order valence-electron chi connectivity index (χ1n) is 7.39. The molecule has 3 N–H and O–H groups in total. The standard InChI is InChI=1S/C17H24N2O3/c1-4-14(11-20)18-17(22)10-13-5-7-15(8-6-13)19-16(21)9-12(2)3/h5-9,14,20H,4,10-11H2,1-3H3,(H,18,22)(H,19,21). The number of nitrogens with one attached hydrogen (secondary N) is 2. The van der Waals surface area contributed by atoms with Crippen LogP contribution >= 0.6 is 0 Å². The van der Waals surface area contributed by atoms with Gasteiger partial charge in [-0.1, -0.05) is 24.6 Å². The number of benzene rings is 1. The summed E-state index contributed by atoms with van der Waals surface area (Å²) in [7, 11) is 0. The van der Waals surface area contributed by atoms with Crippen LogP contribution < -0.4 is 10.6 Å². The van der Waals surface area contributed by atoms with Gasteiger partial charge in [0.25, 0.3) is 0 Å². The lowest BCUT2D eigenvalue weighted by atomic mass is 10.1. The van der Waals surface area contributed by atoms with Crippen LogP contribution in [0.4, 0.5) is 5.69 Å². The topological polar surface area (TPSA) is 78.4 Å². The molecule has 22 heavy (non-hydrogen) atoms. The molecule has 0 radical (unpaired) electrons. The fraction of sp³-hybridized carbons (Fsp3) is 0.412. The molecule has 0 spiro atoms. The first kappa shape index (κ1) is 17.9. The molecule has 0 fully saturated rings. The largest absolute Gasteiger partial charge is 0.394 e. The van der Waals surface area contributed by atoms with Crippen LogP contribution in [0.2, 0.25) is 0 Å². The second-order valence-electron chi connectivity index (χ2n) is 5.44. The number of anilines is 1.